The topological polar surface area (TPSA) is 69.5 Å². The van der Waals surface area contributed by atoms with Crippen molar-refractivity contribution in [2.24, 2.45) is 0 Å². The number of fused-ring (bicyclic) bond motifs is 1. The highest BCUT2D eigenvalue weighted by molar-refractivity contribution is 7.99. The number of carbonyl (C=O) groups excluding carboxylic acids is 1. The van der Waals surface area contributed by atoms with E-state index in [2.05, 4.69) is 10.2 Å². The van der Waals surface area contributed by atoms with Crippen molar-refractivity contribution in [3.63, 3.8) is 0 Å². The van der Waals surface area contributed by atoms with Crippen molar-refractivity contribution in [2.45, 2.75) is 11.8 Å². The number of aromatic nitrogens is 3. The Morgan fingerprint density at radius 3 is 2.66 bits per heavy atom. The summed E-state index contributed by atoms with van der Waals surface area (Å²) >= 11 is 13.7. The number of hydrogen-bond acceptors (Lipinski definition) is 6. The van der Waals surface area contributed by atoms with Crippen molar-refractivity contribution >= 4 is 40.9 Å². The maximum Gasteiger partial charge on any atom is 0.272 e. The van der Waals surface area contributed by atoms with Crippen LogP contribution in [0.15, 0.2) is 47.6 Å². The number of hydrogen-bond donors (Lipinski definition) is 0. The van der Waals surface area contributed by atoms with E-state index in [1.54, 1.807) is 41.1 Å². The number of thioether (sulfide) groups is 1. The van der Waals surface area contributed by atoms with E-state index in [9.17, 15) is 4.79 Å². The maximum absolute atomic E-state index is 13.1. The molecule has 0 saturated carbocycles. The molecule has 0 aliphatic carbocycles. The average molecular weight is 451 g/mol. The van der Waals surface area contributed by atoms with E-state index in [1.807, 2.05) is 18.2 Å². The molecule has 0 unspecified atom stereocenters. The lowest BCUT2D eigenvalue weighted by Crippen LogP contribution is -2.45. The Balaban J connectivity index is 1.60. The first kappa shape index (κ1) is 19.9. The fraction of sp³-hybridized carbons (Fsp3) is 0.211. The van der Waals surface area contributed by atoms with Gasteiger partial charge in [-0.15, -0.1) is 10.2 Å². The molecule has 1 aliphatic rings. The molecule has 1 aliphatic heterocycles. The third-order valence-corrected chi connectivity index (χ3v) is 5.54. The number of rotatable bonds is 5. The molecule has 150 valence electrons. The largest absolute Gasteiger partial charge is 0.497 e. The van der Waals surface area contributed by atoms with Gasteiger partial charge in [-0.2, -0.15) is 0 Å². The van der Waals surface area contributed by atoms with E-state index in [4.69, 9.17) is 32.7 Å². The van der Waals surface area contributed by atoms with Crippen LogP contribution in [0.3, 0.4) is 0 Å². The molecule has 0 N–H and O–H groups in total. The second kappa shape index (κ2) is 8.52. The van der Waals surface area contributed by atoms with E-state index < -0.39 is 0 Å². The minimum Gasteiger partial charge on any atom is -0.497 e. The Kier molecular flexibility index (Phi) is 5.84. The summed E-state index contributed by atoms with van der Waals surface area (Å²) in [6.45, 7) is 0.631. The quantitative estimate of drug-likeness (QED) is 0.583. The van der Waals surface area contributed by atoms with E-state index in [0.29, 0.717) is 50.4 Å². The highest BCUT2D eigenvalue weighted by Crippen LogP contribution is 2.26. The smallest absolute Gasteiger partial charge is 0.272 e. The van der Waals surface area contributed by atoms with Crippen LogP contribution in [-0.4, -0.2) is 40.2 Å². The summed E-state index contributed by atoms with van der Waals surface area (Å²) in [5.74, 6) is 2.30. The van der Waals surface area contributed by atoms with Gasteiger partial charge in [0.2, 0.25) is 5.16 Å². The van der Waals surface area contributed by atoms with Crippen LogP contribution < -0.4 is 14.5 Å². The lowest BCUT2D eigenvalue weighted by Gasteiger charge is -2.29. The van der Waals surface area contributed by atoms with Gasteiger partial charge in [-0.1, -0.05) is 41.0 Å². The van der Waals surface area contributed by atoms with Crippen LogP contribution in [0.5, 0.6) is 11.5 Å². The van der Waals surface area contributed by atoms with Crippen molar-refractivity contribution in [1.82, 2.24) is 14.9 Å². The highest BCUT2D eigenvalue weighted by atomic mass is 35.5. The van der Waals surface area contributed by atoms with Crippen molar-refractivity contribution in [3.05, 3.63) is 63.9 Å². The minimum absolute atomic E-state index is 0.140. The Bertz CT molecular complexity index is 1040. The second-order valence-electron chi connectivity index (χ2n) is 6.11. The molecule has 10 heteroatoms. The first-order chi connectivity index (χ1) is 14.0. The van der Waals surface area contributed by atoms with Crippen LogP contribution in [0, 0.1) is 0 Å². The number of amides is 1. The van der Waals surface area contributed by atoms with Crippen LogP contribution in [0.1, 0.15) is 16.2 Å². The molecule has 0 fully saturated rings. The monoisotopic (exact) mass is 450 g/mol. The summed E-state index contributed by atoms with van der Waals surface area (Å²) in [4.78, 5) is 13.1. The maximum atomic E-state index is 13.1. The Morgan fingerprint density at radius 2 is 1.90 bits per heavy atom. The van der Waals surface area contributed by atoms with Crippen LogP contribution in [0.2, 0.25) is 10.0 Å². The van der Waals surface area contributed by atoms with Crippen LogP contribution in [-0.2, 0) is 6.61 Å². The van der Waals surface area contributed by atoms with Gasteiger partial charge >= 0.3 is 0 Å². The molecule has 0 bridgehead atoms. The lowest BCUT2D eigenvalue weighted by molar-refractivity contribution is 0.0952. The van der Waals surface area contributed by atoms with Crippen molar-refractivity contribution < 1.29 is 14.3 Å². The molecule has 0 radical (unpaired) electrons. The molecule has 29 heavy (non-hydrogen) atoms. The molecule has 0 saturated heterocycles. The van der Waals surface area contributed by atoms with E-state index in [0.717, 1.165) is 0 Å². The van der Waals surface area contributed by atoms with Crippen molar-refractivity contribution in [1.29, 1.82) is 0 Å². The Labute approximate surface area is 181 Å². The first-order valence-electron chi connectivity index (χ1n) is 8.67. The van der Waals surface area contributed by atoms with Gasteiger partial charge in [0.1, 0.15) is 18.1 Å². The lowest BCUT2D eigenvalue weighted by atomic mass is 10.2. The van der Waals surface area contributed by atoms with E-state index >= 15 is 0 Å². The number of ether oxygens (including phenoxy) is 2. The van der Waals surface area contributed by atoms with Gasteiger partial charge in [-0.25, -0.2) is 9.69 Å². The SMILES string of the molecule is COc1cccc(OCc2nnc3n2N(C(=O)c2cc(Cl)cc(Cl)c2)CCS3)c1. The number of carbonyl (C=O) groups is 1. The fourth-order valence-corrected chi connectivity index (χ4v) is 4.30. The molecule has 0 atom stereocenters. The van der Waals surface area contributed by atoms with Crippen LogP contribution in [0.25, 0.3) is 0 Å². The molecule has 2 heterocycles. The molecule has 7 nitrogen and oxygen atoms in total. The average Bonchev–Trinajstić information content (AvgIpc) is 3.14. The summed E-state index contributed by atoms with van der Waals surface area (Å²) in [6, 6.07) is 12.0. The van der Waals surface area contributed by atoms with Crippen LogP contribution >= 0.6 is 35.0 Å². The van der Waals surface area contributed by atoms with Gasteiger partial charge in [0.25, 0.3) is 5.91 Å². The van der Waals surface area contributed by atoms with Crippen molar-refractivity contribution in [2.75, 3.05) is 24.4 Å². The van der Waals surface area contributed by atoms with Gasteiger partial charge < -0.3 is 9.47 Å². The summed E-state index contributed by atoms with van der Waals surface area (Å²) in [7, 11) is 1.59. The standard InChI is InChI=1S/C19H16Cl2N4O3S/c1-27-15-3-2-4-16(10-15)28-11-17-22-23-19-25(17)24(5-6-29-19)18(26)12-7-13(20)9-14(21)8-12/h2-4,7-10H,5-6,11H2,1H3. The number of nitrogens with zero attached hydrogens (tertiary/aromatic N) is 4. The summed E-state index contributed by atoms with van der Waals surface area (Å²) in [6.07, 6.45) is 0. The van der Waals surface area contributed by atoms with E-state index in [1.165, 1.54) is 11.8 Å². The van der Waals surface area contributed by atoms with E-state index in [-0.39, 0.29) is 12.5 Å². The Morgan fingerprint density at radius 1 is 1.14 bits per heavy atom. The zero-order valence-corrected chi connectivity index (χ0v) is 17.7. The summed E-state index contributed by atoms with van der Waals surface area (Å²) in [5, 5.41) is 11.4. The zero-order chi connectivity index (χ0) is 20.4. The number of methoxy groups -OCH3 is 1. The van der Waals surface area contributed by atoms with Gasteiger partial charge in [-0.3, -0.25) is 4.79 Å². The summed E-state index contributed by atoms with van der Waals surface area (Å²) < 4.78 is 12.7. The Hall–Kier alpha value is -2.42. The predicted octanol–water partition coefficient (Wildman–Crippen LogP) is 4.06. The minimum atomic E-state index is -0.238. The molecule has 4 rings (SSSR count). The molecule has 2 aromatic carbocycles. The fourth-order valence-electron chi connectivity index (χ4n) is 2.90. The molecule has 3 aromatic rings. The molecule has 1 aromatic heterocycles. The molecule has 0 spiro atoms. The van der Waals surface area contributed by atoms with Crippen LogP contribution in [0.4, 0.5) is 0 Å². The summed E-state index contributed by atoms with van der Waals surface area (Å²) in [5.41, 5.74) is 0.397. The normalized spacial score (nSPS) is 13.1. The highest BCUT2D eigenvalue weighted by Gasteiger charge is 2.28. The molecule has 1 amide bonds. The van der Waals surface area contributed by atoms with Gasteiger partial charge in [0, 0.05) is 27.4 Å². The van der Waals surface area contributed by atoms with Gasteiger partial charge in [0.05, 0.1) is 13.7 Å². The van der Waals surface area contributed by atoms with Crippen molar-refractivity contribution in [3.8, 4) is 11.5 Å². The second-order valence-corrected chi connectivity index (χ2v) is 8.05. The third kappa shape index (κ3) is 4.29. The number of benzene rings is 2. The van der Waals surface area contributed by atoms with Gasteiger partial charge in [-0.05, 0) is 30.3 Å². The first-order valence-corrected chi connectivity index (χ1v) is 10.4. The molecular formula is C19H16Cl2N4O3S. The van der Waals surface area contributed by atoms with Gasteiger partial charge in [0.15, 0.2) is 5.82 Å². The molecular weight excluding hydrogens is 435 g/mol. The number of halogens is 2. The predicted molar refractivity (Wildman–Crippen MR) is 112 cm³/mol. The third-order valence-electron chi connectivity index (χ3n) is 4.21. The zero-order valence-electron chi connectivity index (χ0n) is 15.3.